The van der Waals surface area contributed by atoms with Crippen molar-refractivity contribution in [3.63, 3.8) is 0 Å². The molecule has 2 aromatic rings. The van der Waals surface area contributed by atoms with Crippen LogP contribution in [0, 0.1) is 0 Å². The van der Waals surface area contributed by atoms with Crippen molar-refractivity contribution >= 4 is 5.84 Å². The third-order valence-electron chi connectivity index (χ3n) is 3.41. The lowest BCUT2D eigenvalue weighted by Gasteiger charge is -2.22. The van der Waals surface area contributed by atoms with Crippen LogP contribution in [-0.2, 0) is 5.54 Å². The maximum Gasteiger partial charge on any atom is 0.127 e. The summed E-state index contributed by atoms with van der Waals surface area (Å²) >= 11 is 0. The number of amidine groups is 1. The summed E-state index contributed by atoms with van der Waals surface area (Å²) in [6, 6.07) is 18.4. The molecule has 1 atom stereocenters. The predicted octanol–water partition coefficient (Wildman–Crippen LogP) is 2.67. The second-order valence-corrected chi connectivity index (χ2v) is 4.48. The van der Waals surface area contributed by atoms with Gasteiger partial charge in [-0.25, -0.2) is 0 Å². The molecule has 0 amide bonds. The molecule has 1 aliphatic rings. The Morgan fingerprint density at radius 1 is 0.941 bits per heavy atom. The number of benzene rings is 2. The smallest absolute Gasteiger partial charge is 0.127 e. The van der Waals surface area contributed by atoms with E-state index >= 15 is 0 Å². The van der Waals surface area contributed by atoms with Gasteiger partial charge in [0.1, 0.15) is 11.4 Å². The highest BCUT2D eigenvalue weighted by Crippen LogP contribution is 2.39. The number of nitrogens with zero attached hydrogens (tertiary/aromatic N) is 1. The molecule has 0 saturated heterocycles. The van der Waals surface area contributed by atoms with Gasteiger partial charge in [-0.3, -0.25) is 4.99 Å². The number of aliphatic imine (C=N–C) groups is 1. The molecule has 0 aromatic heterocycles. The molecule has 2 nitrogen and oxygen atoms in total. The second-order valence-electron chi connectivity index (χ2n) is 4.48. The first-order valence-electron chi connectivity index (χ1n) is 5.72. The van der Waals surface area contributed by atoms with Gasteiger partial charge in [0.15, 0.2) is 0 Å². The minimum Gasteiger partial charge on any atom is -0.383 e. The maximum atomic E-state index is 6.01. The van der Waals surface area contributed by atoms with Gasteiger partial charge in [0.2, 0.25) is 0 Å². The number of fused-ring (bicyclic) bond motifs is 1. The molecular formula is C15H14N2. The van der Waals surface area contributed by atoms with Gasteiger partial charge >= 0.3 is 0 Å². The van der Waals surface area contributed by atoms with Crippen molar-refractivity contribution in [2.45, 2.75) is 12.5 Å². The van der Waals surface area contributed by atoms with E-state index in [0.717, 1.165) is 5.56 Å². The average molecular weight is 222 g/mol. The van der Waals surface area contributed by atoms with E-state index in [-0.39, 0.29) is 5.54 Å². The van der Waals surface area contributed by atoms with Crippen molar-refractivity contribution < 1.29 is 0 Å². The molecule has 1 aliphatic heterocycles. The molecule has 84 valence electrons. The zero-order valence-corrected chi connectivity index (χ0v) is 9.72. The minimum atomic E-state index is -0.345. The van der Waals surface area contributed by atoms with Crippen LogP contribution in [0.15, 0.2) is 59.6 Å². The van der Waals surface area contributed by atoms with Crippen molar-refractivity contribution in [3.8, 4) is 0 Å². The zero-order valence-electron chi connectivity index (χ0n) is 9.72. The van der Waals surface area contributed by atoms with E-state index in [0.29, 0.717) is 5.84 Å². The van der Waals surface area contributed by atoms with Crippen LogP contribution < -0.4 is 5.73 Å². The molecule has 3 rings (SSSR count). The lowest BCUT2D eigenvalue weighted by atomic mass is 9.85. The average Bonchev–Trinajstić information content (AvgIpc) is 2.65. The molecule has 1 heterocycles. The van der Waals surface area contributed by atoms with Crippen molar-refractivity contribution in [2.24, 2.45) is 10.7 Å². The molecule has 1 unspecified atom stereocenters. The Labute approximate surface area is 101 Å². The van der Waals surface area contributed by atoms with Crippen LogP contribution in [0.4, 0.5) is 0 Å². The predicted molar refractivity (Wildman–Crippen MR) is 70.1 cm³/mol. The first-order valence-corrected chi connectivity index (χ1v) is 5.72. The van der Waals surface area contributed by atoms with E-state index < -0.39 is 0 Å². The second kappa shape index (κ2) is 3.45. The zero-order chi connectivity index (χ0) is 11.9. The van der Waals surface area contributed by atoms with Crippen LogP contribution in [0.1, 0.15) is 23.6 Å². The largest absolute Gasteiger partial charge is 0.383 e. The first-order chi connectivity index (χ1) is 8.22. The highest BCUT2D eigenvalue weighted by Gasteiger charge is 2.35. The fourth-order valence-electron chi connectivity index (χ4n) is 2.48. The number of rotatable bonds is 1. The number of hydrogen-bond acceptors (Lipinski definition) is 2. The summed E-state index contributed by atoms with van der Waals surface area (Å²) in [4.78, 5) is 4.65. The number of nitrogens with two attached hydrogens (primary N) is 1. The highest BCUT2D eigenvalue weighted by atomic mass is 15.0. The van der Waals surface area contributed by atoms with Crippen LogP contribution in [0.25, 0.3) is 0 Å². The van der Waals surface area contributed by atoms with Gasteiger partial charge in [-0.2, -0.15) is 0 Å². The fourth-order valence-corrected chi connectivity index (χ4v) is 2.48. The van der Waals surface area contributed by atoms with Crippen LogP contribution in [-0.4, -0.2) is 5.84 Å². The quantitative estimate of drug-likeness (QED) is 0.791. The first kappa shape index (κ1) is 10.1. The summed E-state index contributed by atoms with van der Waals surface area (Å²) in [6.45, 7) is 2.11. The van der Waals surface area contributed by atoms with Crippen LogP contribution in [0.2, 0.25) is 0 Å². The molecule has 0 saturated carbocycles. The maximum absolute atomic E-state index is 6.01. The Bertz CT molecular complexity index is 587. The minimum absolute atomic E-state index is 0.345. The summed E-state index contributed by atoms with van der Waals surface area (Å²) < 4.78 is 0. The van der Waals surface area contributed by atoms with Gasteiger partial charge in [0, 0.05) is 5.56 Å². The van der Waals surface area contributed by atoms with E-state index in [1.807, 2.05) is 36.4 Å². The van der Waals surface area contributed by atoms with Crippen molar-refractivity contribution in [3.05, 3.63) is 71.3 Å². The lowest BCUT2D eigenvalue weighted by Crippen LogP contribution is -2.18. The van der Waals surface area contributed by atoms with Gasteiger partial charge in [-0.1, -0.05) is 54.6 Å². The van der Waals surface area contributed by atoms with Gasteiger partial charge < -0.3 is 5.73 Å². The monoisotopic (exact) mass is 222 g/mol. The van der Waals surface area contributed by atoms with Gasteiger partial charge in [-0.05, 0) is 18.1 Å². The van der Waals surface area contributed by atoms with Crippen molar-refractivity contribution in [1.29, 1.82) is 0 Å². The Morgan fingerprint density at radius 3 is 2.35 bits per heavy atom. The summed E-state index contributed by atoms with van der Waals surface area (Å²) in [5.74, 6) is 0.631. The molecular weight excluding hydrogens is 208 g/mol. The van der Waals surface area contributed by atoms with Crippen LogP contribution in [0.5, 0.6) is 0 Å². The van der Waals surface area contributed by atoms with Gasteiger partial charge in [0.25, 0.3) is 0 Å². The molecule has 2 N–H and O–H groups in total. The highest BCUT2D eigenvalue weighted by molar-refractivity contribution is 6.02. The van der Waals surface area contributed by atoms with Crippen molar-refractivity contribution in [2.75, 3.05) is 0 Å². The number of hydrogen-bond donors (Lipinski definition) is 1. The molecule has 0 aliphatic carbocycles. The Morgan fingerprint density at radius 2 is 1.59 bits per heavy atom. The van der Waals surface area contributed by atoms with Gasteiger partial charge in [0.05, 0.1) is 0 Å². The fraction of sp³-hybridized carbons (Fsp3) is 0.133. The lowest BCUT2D eigenvalue weighted by molar-refractivity contribution is 0.621. The SMILES string of the molecule is CC1(c2ccccc2)N=C(N)c2ccccc21. The summed E-state index contributed by atoms with van der Waals surface area (Å²) in [6.07, 6.45) is 0. The third kappa shape index (κ3) is 1.37. The molecule has 0 radical (unpaired) electrons. The van der Waals surface area contributed by atoms with Crippen LogP contribution in [0.3, 0.4) is 0 Å². The van der Waals surface area contributed by atoms with E-state index in [1.54, 1.807) is 0 Å². The van der Waals surface area contributed by atoms with E-state index in [9.17, 15) is 0 Å². The topological polar surface area (TPSA) is 38.4 Å². The molecule has 2 heteroatoms. The van der Waals surface area contributed by atoms with Crippen LogP contribution >= 0.6 is 0 Å². The summed E-state index contributed by atoms with van der Waals surface area (Å²) in [7, 11) is 0. The Hall–Kier alpha value is -2.09. The van der Waals surface area contributed by atoms with E-state index in [4.69, 9.17) is 5.73 Å². The Kier molecular flexibility index (Phi) is 2.05. The molecule has 2 aromatic carbocycles. The molecule has 0 spiro atoms. The molecule has 17 heavy (non-hydrogen) atoms. The van der Waals surface area contributed by atoms with E-state index in [2.05, 4.69) is 30.1 Å². The summed E-state index contributed by atoms with van der Waals surface area (Å²) in [5, 5.41) is 0. The molecule has 0 bridgehead atoms. The third-order valence-corrected chi connectivity index (χ3v) is 3.41. The summed E-state index contributed by atoms with van der Waals surface area (Å²) in [5.41, 5.74) is 9.08. The van der Waals surface area contributed by atoms with Crippen molar-refractivity contribution in [1.82, 2.24) is 0 Å². The standard InChI is InChI=1S/C15H14N2/c1-15(11-7-3-2-4-8-11)13-10-6-5-9-12(13)14(16)17-15/h2-10H,1H3,(H2,16,17). The normalized spacial score (nSPS) is 22.1. The van der Waals surface area contributed by atoms with Gasteiger partial charge in [-0.15, -0.1) is 0 Å². The molecule has 0 fully saturated rings. The van der Waals surface area contributed by atoms with E-state index in [1.165, 1.54) is 11.1 Å². The Balaban J connectivity index is 2.24.